The molecule has 13 heteroatoms. The zero-order chi connectivity index (χ0) is 13.3. The van der Waals surface area contributed by atoms with E-state index in [-0.39, 0.29) is 217 Å². The molecule has 0 aliphatic rings. The topological polar surface area (TPSA) is 161 Å². The minimum atomic E-state index is -2.16. The molecule has 0 aliphatic heterocycles. The minimum absolute atomic E-state index is 0. The first-order valence-electron chi connectivity index (χ1n) is 3.79. The Hall–Kier alpha value is 4.13. The molecule has 8 nitrogen and oxygen atoms in total. The maximum absolute atomic E-state index is 10.6. The van der Waals surface area contributed by atoms with Gasteiger partial charge in [-0.15, -0.1) is 11.3 Å². The second-order valence-corrected chi connectivity index (χ2v) is 3.68. The first-order valence-corrected chi connectivity index (χ1v) is 4.61. The van der Waals surface area contributed by atoms with Gasteiger partial charge < -0.3 is 39.6 Å². The molecule has 0 aliphatic carbocycles. The quantitative estimate of drug-likeness (QED) is 0.440. The summed E-state index contributed by atoms with van der Waals surface area (Å²) < 4.78 is 0. The average molecular weight is 413 g/mol. The number of carbonyl (C=O) groups excluding carboxylic acids is 4. The molecule has 0 bridgehead atoms. The molecule has 0 aromatic carbocycles. The Bertz CT molecular complexity index is 508. The van der Waals surface area contributed by atoms with Crippen LogP contribution in [0.1, 0.15) is 40.1 Å². The van der Waals surface area contributed by atoms with Crippen molar-refractivity contribution in [2.45, 2.75) is 0 Å². The minimum Gasteiger partial charge on any atom is -0.545 e. The first-order chi connectivity index (χ1) is 7.77. The van der Waals surface area contributed by atoms with Crippen molar-refractivity contribution in [2.24, 2.45) is 0 Å². The Morgan fingerprint density at radius 2 is 0.810 bits per heavy atom. The van der Waals surface area contributed by atoms with Crippen LogP contribution in [0.4, 0.5) is 0 Å². The van der Waals surface area contributed by atoms with Crippen molar-refractivity contribution in [3.8, 4) is 0 Å². The predicted octanol–water partition coefficient (Wildman–Crippen LogP) is -16.8. The van der Waals surface area contributed by atoms with Crippen molar-refractivity contribution in [2.75, 3.05) is 0 Å². The van der Waals surface area contributed by atoms with Crippen molar-refractivity contribution in [3.05, 3.63) is 20.9 Å². The van der Waals surface area contributed by atoms with Gasteiger partial charge in [0.15, 0.2) is 0 Å². The molecular weight excluding hydrogens is 413 g/mol. The Labute approximate surface area is 292 Å². The van der Waals surface area contributed by atoms with Crippen LogP contribution in [0.5, 0.6) is 0 Å². The van der Waals surface area contributed by atoms with Crippen molar-refractivity contribution < 1.29 is 245 Å². The number of carboxylic acid groups (broad SMARTS) is 4. The van der Waals surface area contributed by atoms with E-state index in [9.17, 15) is 39.6 Å². The van der Waals surface area contributed by atoms with E-state index >= 15 is 0 Å². The van der Waals surface area contributed by atoms with Gasteiger partial charge in [-0.1, -0.05) is 0 Å². The van der Waals surface area contributed by atoms with Crippen LogP contribution in [0.25, 0.3) is 0 Å². The zero-order valence-electron chi connectivity index (χ0n) is 11.7. The molecule has 0 spiro atoms. The Balaban J connectivity index is -0.000000361. The van der Waals surface area contributed by atoms with Gasteiger partial charge in [0.1, 0.15) is 0 Å². The molecule has 0 N–H and O–H groups in total. The smallest absolute Gasteiger partial charge is 0.545 e. The molecule has 0 fully saturated rings. The average Bonchev–Trinajstić information content (AvgIpc) is 2.56. The summed E-state index contributed by atoms with van der Waals surface area (Å²) in [4.78, 5) is 40.1. The molecule has 21 heavy (non-hydrogen) atoms. The number of hydrogen-bond acceptors (Lipinski definition) is 9. The summed E-state index contributed by atoms with van der Waals surface area (Å²) in [5.74, 6) is -8.40. The van der Waals surface area contributed by atoms with Gasteiger partial charge in [-0.2, -0.15) is 0 Å². The van der Waals surface area contributed by atoms with Gasteiger partial charge in [0.05, 0.1) is 33.6 Å². The molecule has 1 heterocycles. The van der Waals surface area contributed by atoms with Crippen molar-refractivity contribution >= 4 is 35.2 Å². The van der Waals surface area contributed by atoms with E-state index in [0.29, 0.717) is 0 Å². The van der Waals surface area contributed by atoms with Crippen LogP contribution in [-0.2, 0) is 0 Å². The number of thiophene rings is 1. The Morgan fingerprint density at radius 1 is 0.571 bits per heavy atom. The summed E-state index contributed by atoms with van der Waals surface area (Å²) in [5.41, 5.74) is -2.59. The maximum atomic E-state index is 10.6. The van der Waals surface area contributed by atoms with E-state index in [1.807, 2.05) is 0 Å². The van der Waals surface area contributed by atoms with E-state index in [4.69, 9.17) is 0 Å². The Kier molecular flexibility index (Phi) is 23.7. The molecule has 0 atom stereocenters. The monoisotopic (exact) mass is 412 g/mol. The molecular formula is C8K4O8S. The fraction of sp³-hybridized carbons (Fsp3) is 0. The second-order valence-electron chi connectivity index (χ2n) is 2.66. The summed E-state index contributed by atoms with van der Waals surface area (Å²) >= 11 is -0.107. The van der Waals surface area contributed by atoms with Gasteiger partial charge in [-0.3, -0.25) is 0 Å². The standard InChI is InChI=1S/C8H4O8S.4K/c9-5(10)1-2(6(11)12)4(8(15)16)17-3(1)7(13)14;;;;/h(H,9,10)(H,11,12)(H,13,14)(H,15,16);;;;/q;4*+1/p-4. The number of carboxylic acids is 4. The van der Waals surface area contributed by atoms with Crippen LogP contribution in [0.3, 0.4) is 0 Å². The molecule has 1 rings (SSSR count). The summed E-state index contributed by atoms with van der Waals surface area (Å²) in [6.45, 7) is 0. The number of carbonyl (C=O) groups is 4. The fourth-order valence-corrected chi connectivity index (χ4v) is 2.05. The summed E-state index contributed by atoms with van der Waals surface area (Å²) in [7, 11) is 0. The van der Waals surface area contributed by atoms with E-state index < -0.39 is 44.8 Å². The van der Waals surface area contributed by atoms with Crippen LogP contribution in [0.2, 0.25) is 0 Å². The molecule has 0 radical (unpaired) electrons. The summed E-state index contributed by atoms with van der Waals surface area (Å²) in [6, 6.07) is 0. The SMILES string of the molecule is O=C([O-])c1sc(C(=O)[O-])c(C(=O)[O-])c1C(=O)[O-].[K+].[K+].[K+].[K+]. The predicted molar refractivity (Wildman–Crippen MR) is 41.6 cm³/mol. The number of aromatic carboxylic acids is 4. The van der Waals surface area contributed by atoms with E-state index in [1.54, 1.807) is 0 Å². The third-order valence-corrected chi connectivity index (χ3v) is 2.84. The van der Waals surface area contributed by atoms with E-state index in [0.717, 1.165) is 0 Å². The third kappa shape index (κ3) is 9.05. The van der Waals surface area contributed by atoms with Crippen LogP contribution in [0, 0.1) is 0 Å². The first kappa shape index (κ1) is 32.8. The largest absolute Gasteiger partial charge is 1.00 e. The molecule has 1 aromatic rings. The van der Waals surface area contributed by atoms with Crippen molar-refractivity contribution in [3.63, 3.8) is 0 Å². The molecule has 1 aromatic heterocycles. The fourth-order valence-electron chi connectivity index (χ4n) is 1.11. The third-order valence-electron chi connectivity index (χ3n) is 1.69. The molecule has 0 saturated heterocycles. The van der Waals surface area contributed by atoms with Gasteiger partial charge in [-0.05, 0) is 0 Å². The van der Waals surface area contributed by atoms with Gasteiger partial charge >= 0.3 is 206 Å². The maximum Gasteiger partial charge on any atom is 1.00 e. The number of hydrogen-bond donors (Lipinski definition) is 0. The summed E-state index contributed by atoms with van der Waals surface area (Å²) in [6.07, 6.45) is 0. The zero-order valence-corrected chi connectivity index (χ0v) is 25.0. The van der Waals surface area contributed by atoms with E-state index in [1.165, 1.54) is 0 Å². The van der Waals surface area contributed by atoms with Crippen LogP contribution in [-0.4, -0.2) is 23.9 Å². The van der Waals surface area contributed by atoms with Crippen molar-refractivity contribution in [1.29, 1.82) is 0 Å². The van der Waals surface area contributed by atoms with Gasteiger partial charge in [0.25, 0.3) is 0 Å². The van der Waals surface area contributed by atoms with Crippen LogP contribution in [0.15, 0.2) is 0 Å². The second kappa shape index (κ2) is 15.2. The normalized spacial score (nSPS) is 8.00. The molecule has 90 valence electrons. The van der Waals surface area contributed by atoms with Crippen molar-refractivity contribution in [1.82, 2.24) is 0 Å². The van der Waals surface area contributed by atoms with E-state index in [2.05, 4.69) is 0 Å². The summed E-state index contributed by atoms with van der Waals surface area (Å²) in [5, 5.41) is 42.2. The van der Waals surface area contributed by atoms with Gasteiger partial charge in [0.2, 0.25) is 0 Å². The molecule has 0 saturated carbocycles. The van der Waals surface area contributed by atoms with Gasteiger partial charge in [-0.25, -0.2) is 0 Å². The molecule has 0 amide bonds. The Morgan fingerprint density at radius 3 is 0.952 bits per heavy atom. The van der Waals surface area contributed by atoms with Crippen LogP contribution >= 0.6 is 11.3 Å². The van der Waals surface area contributed by atoms with Crippen LogP contribution < -0.4 is 226 Å². The molecule has 0 unspecified atom stereocenters. The number of rotatable bonds is 4. The van der Waals surface area contributed by atoms with Gasteiger partial charge in [0, 0.05) is 11.1 Å².